The minimum Gasteiger partial charge on any atom is -0.497 e. The zero-order valence-corrected chi connectivity index (χ0v) is 12.4. The topological polar surface area (TPSA) is 46.6 Å². The third-order valence-electron chi connectivity index (χ3n) is 4.62. The Morgan fingerprint density at radius 3 is 2.62 bits per heavy atom. The van der Waals surface area contributed by atoms with E-state index in [9.17, 15) is 9.59 Å². The van der Waals surface area contributed by atoms with Gasteiger partial charge in [0.1, 0.15) is 5.75 Å². The molecule has 1 aromatic rings. The first-order valence-corrected chi connectivity index (χ1v) is 7.70. The molecule has 1 aromatic carbocycles. The van der Waals surface area contributed by atoms with Crippen molar-refractivity contribution in [2.24, 2.45) is 0 Å². The molecule has 1 saturated heterocycles. The number of likely N-dealkylation sites (tertiary alicyclic amines) is 1. The molecular formula is C17H21NO3. The summed E-state index contributed by atoms with van der Waals surface area (Å²) in [5.41, 5.74) is 0.881. The van der Waals surface area contributed by atoms with Gasteiger partial charge in [0.2, 0.25) is 11.8 Å². The van der Waals surface area contributed by atoms with E-state index in [-0.39, 0.29) is 23.8 Å². The molecule has 2 fully saturated rings. The summed E-state index contributed by atoms with van der Waals surface area (Å²) in [6.07, 6.45) is 5.66. The van der Waals surface area contributed by atoms with Crippen LogP contribution in [-0.4, -0.2) is 29.9 Å². The molecule has 1 atom stereocenters. The summed E-state index contributed by atoms with van der Waals surface area (Å²) in [6.45, 7) is 0. The predicted molar refractivity (Wildman–Crippen MR) is 79.1 cm³/mol. The standard InChI is InChI=1S/C17H21NO3/c1-21-14-9-5-6-12(10-14)15-11-16(19)18(17(15)20)13-7-3-2-4-8-13/h5-6,9-10,13,15H,2-4,7-8,11H2,1H3. The molecule has 3 rings (SSSR count). The molecule has 0 bridgehead atoms. The first-order valence-electron chi connectivity index (χ1n) is 7.70. The SMILES string of the molecule is COc1cccc(C2CC(=O)N(C3CCCCC3)C2=O)c1. The molecule has 112 valence electrons. The molecule has 4 nitrogen and oxygen atoms in total. The van der Waals surface area contributed by atoms with Crippen LogP contribution in [0.1, 0.15) is 50.0 Å². The summed E-state index contributed by atoms with van der Waals surface area (Å²) < 4.78 is 5.21. The maximum atomic E-state index is 12.7. The Balaban J connectivity index is 1.82. The molecule has 0 N–H and O–H groups in total. The van der Waals surface area contributed by atoms with Crippen molar-refractivity contribution in [3.05, 3.63) is 29.8 Å². The molecule has 0 radical (unpaired) electrons. The van der Waals surface area contributed by atoms with E-state index in [4.69, 9.17) is 4.74 Å². The lowest BCUT2D eigenvalue weighted by Crippen LogP contribution is -2.41. The zero-order valence-electron chi connectivity index (χ0n) is 12.4. The summed E-state index contributed by atoms with van der Waals surface area (Å²) in [6, 6.07) is 7.61. The molecule has 1 aliphatic carbocycles. The van der Waals surface area contributed by atoms with Gasteiger partial charge in [-0.1, -0.05) is 31.4 Å². The number of carbonyl (C=O) groups is 2. The summed E-state index contributed by atoms with van der Waals surface area (Å²) in [7, 11) is 1.61. The number of nitrogens with zero attached hydrogens (tertiary/aromatic N) is 1. The van der Waals surface area contributed by atoms with E-state index in [1.165, 1.54) is 6.42 Å². The van der Waals surface area contributed by atoms with Gasteiger partial charge in [-0.15, -0.1) is 0 Å². The van der Waals surface area contributed by atoms with Gasteiger partial charge in [-0.25, -0.2) is 0 Å². The van der Waals surface area contributed by atoms with Gasteiger partial charge in [0.05, 0.1) is 13.0 Å². The van der Waals surface area contributed by atoms with Gasteiger partial charge >= 0.3 is 0 Å². The van der Waals surface area contributed by atoms with Gasteiger partial charge in [-0.05, 0) is 30.5 Å². The number of ether oxygens (including phenoxy) is 1. The van der Waals surface area contributed by atoms with Gasteiger partial charge < -0.3 is 4.74 Å². The molecule has 1 saturated carbocycles. The highest BCUT2D eigenvalue weighted by atomic mass is 16.5. The fourth-order valence-electron chi connectivity index (χ4n) is 3.49. The van der Waals surface area contributed by atoms with Crippen molar-refractivity contribution in [3.8, 4) is 5.75 Å². The zero-order chi connectivity index (χ0) is 14.8. The van der Waals surface area contributed by atoms with E-state index in [0.717, 1.165) is 37.0 Å². The summed E-state index contributed by atoms with van der Waals surface area (Å²) >= 11 is 0. The number of hydrogen-bond acceptors (Lipinski definition) is 3. The average molecular weight is 287 g/mol. The van der Waals surface area contributed by atoms with Gasteiger partial charge in [-0.2, -0.15) is 0 Å². The van der Waals surface area contributed by atoms with Crippen molar-refractivity contribution in [2.75, 3.05) is 7.11 Å². The van der Waals surface area contributed by atoms with Crippen molar-refractivity contribution in [3.63, 3.8) is 0 Å². The average Bonchev–Trinajstić information content (AvgIpc) is 2.83. The lowest BCUT2D eigenvalue weighted by atomic mass is 9.94. The highest BCUT2D eigenvalue weighted by Gasteiger charge is 2.43. The normalized spacial score (nSPS) is 23.7. The van der Waals surface area contributed by atoms with Crippen molar-refractivity contribution in [1.29, 1.82) is 0 Å². The first-order chi connectivity index (χ1) is 10.2. The molecule has 2 aliphatic rings. The molecule has 1 aliphatic heterocycles. The van der Waals surface area contributed by atoms with E-state index in [2.05, 4.69) is 0 Å². The smallest absolute Gasteiger partial charge is 0.237 e. The number of rotatable bonds is 3. The van der Waals surface area contributed by atoms with E-state index in [1.54, 1.807) is 12.0 Å². The Bertz CT molecular complexity index is 549. The molecule has 0 spiro atoms. The number of benzene rings is 1. The van der Waals surface area contributed by atoms with Crippen molar-refractivity contribution < 1.29 is 14.3 Å². The van der Waals surface area contributed by atoms with E-state index in [0.29, 0.717) is 6.42 Å². The third kappa shape index (κ3) is 2.67. The Labute approximate surface area is 125 Å². The monoisotopic (exact) mass is 287 g/mol. The second-order valence-corrected chi connectivity index (χ2v) is 5.93. The molecule has 21 heavy (non-hydrogen) atoms. The predicted octanol–water partition coefficient (Wildman–Crippen LogP) is 2.87. The van der Waals surface area contributed by atoms with Crippen LogP contribution in [0, 0.1) is 0 Å². The summed E-state index contributed by atoms with van der Waals surface area (Å²) in [5, 5.41) is 0. The summed E-state index contributed by atoms with van der Waals surface area (Å²) in [5.74, 6) is 0.346. The maximum absolute atomic E-state index is 12.7. The number of imide groups is 1. The first kappa shape index (κ1) is 14.1. The van der Waals surface area contributed by atoms with Crippen LogP contribution in [0.2, 0.25) is 0 Å². The Hall–Kier alpha value is -1.84. The van der Waals surface area contributed by atoms with Gasteiger partial charge in [-0.3, -0.25) is 14.5 Å². The minimum atomic E-state index is -0.338. The highest BCUT2D eigenvalue weighted by Crippen LogP contribution is 2.35. The second-order valence-electron chi connectivity index (χ2n) is 5.93. The van der Waals surface area contributed by atoms with Crippen LogP contribution in [0.25, 0.3) is 0 Å². The van der Waals surface area contributed by atoms with Crippen molar-refractivity contribution in [1.82, 2.24) is 4.90 Å². The summed E-state index contributed by atoms with van der Waals surface area (Å²) in [4.78, 5) is 26.5. The Morgan fingerprint density at radius 2 is 1.90 bits per heavy atom. The van der Waals surface area contributed by atoms with Crippen LogP contribution in [-0.2, 0) is 9.59 Å². The fraction of sp³-hybridized carbons (Fsp3) is 0.529. The van der Waals surface area contributed by atoms with Crippen molar-refractivity contribution >= 4 is 11.8 Å². The van der Waals surface area contributed by atoms with E-state index in [1.807, 2.05) is 24.3 Å². The van der Waals surface area contributed by atoms with E-state index < -0.39 is 0 Å². The van der Waals surface area contributed by atoms with E-state index >= 15 is 0 Å². The minimum absolute atomic E-state index is 0.0141. The van der Waals surface area contributed by atoms with Gasteiger partial charge in [0, 0.05) is 12.5 Å². The third-order valence-corrected chi connectivity index (χ3v) is 4.62. The number of amides is 2. The maximum Gasteiger partial charge on any atom is 0.237 e. The van der Waals surface area contributed by atoms with Crippen LogP contribution in [0.4, 0.5) is 0 Å². The molecule has 2 amide bonds. The van der Waals surface area contributed by atoms with Gasteiger partial charge in [0.25, 0.3) is 0 Å². The Morgan fingerprint density at radius 1 is 1.14 bits per heavy atom. The van der Waals surface area contributed by atoms with Crippen LogP contribution in [0.5, 0.6) is 5.75 Å². The lowest BCUT2D eigenvalue weighted by Gasteiger charge is -2.29. The van der Waals surface area contributed by atoms with Crippen LogP contribution < -0.4 is 4.74 Å². The fourth-order valence-corrected chi connectivity index (χ4v) is 3.49. The van der Waals surface area contributed by atoms with Crippen LogP contribution in [0.3, 0.4) is 0 Å². The molecule has 1 unspecified atom stereocenters. The van der Waals surface area contributed by atoms with Crippen molar-refractivity contribution in [2.45, 2.75) is 50.5 Å². The Kier molecular flexibility index (Phi) is 3.95. The number of hydrogen-bond donors (Lipinski definition) is 0. The lowest BCUT2D eigenvalue weighted by molar-refractivity contribution is -0.142. The number of methoxy groups -OCH3 is 1. The number of carbonyl (C=O) groups excluding carboxylic acids is 2. The van der Waals surface area contributed by atoms with Gasteiger partial charge in [0.15, 0.2) is 0 Å². The molecule has 4 heteroatoms. The second kappa shape index (κ2) is 5.88. The molecule has 1 heterocycles. The highest BCUT2D eigenvalue weighted by molar-refractivity contribution is 6.06. The molecule has 0 aromatic heterocycles. The van der Waals surface area contributed by atoms with Crippen LogP contribution >= 0.6 is 0 Å². The quantitative estimate of drug-likeness (QED) is 0.803. The van der Waals surface area contributed by atoms with Crippen LogP contribution in [0.15, 0.2) is 24.3 Å². The largest absolute Gasteiger partial charge is 0.497 e. The molecular weight excluding hydrogens is 266 g/mol.